The molecule has 2 N–H and O–H groups in total. The number of alkyl halides is 1. The van der Waals surface area contributed by atoms with Gasteiger partial charge in [0.2, 0.25) is 0 Å². The SMILES string of the molecule is CC(F)(CN)c1ccc(Cl)o1. The van der Waals surface area contributed by atoms with Crippen LogP contribution in [0.15, 0.2) is 16.5 Å². The fraction of sp³-hybridized carbons (Fsp3) is 0.429. The van der Waals surface area contributed by atoms with Crippen LogP contribution in [0, 0.1) is 0 Å². The van der Waals surface area contributed by atoms with Gasteiger partial charge in [-0.25, -0.2) is 4.39 Å². The molecule has 0 spiro atoms. The molecule has 1 aromatic heterocycles. The topological polar surface area (TPSA) is 39.2 Å². The molecule has 1 rings (SSSR count). The number of hydrogen-bond donors (Lipinski definition) is 1. The van der Waals surface area contributed by atoms with E-state index in [4.69, 9.17) is 21.8 Å². The largest absolute Gasteiger partial charge is 0.446 e. The summed E-state index contributed by atoms with van der Waals surface area (Å²) in [5.41, 5.74) is 3.55. The summed E-state index contributed by atoms with van der Waals surface area (Å²) in [6.45, 7) is 1.24. The average Bonchev–Trinajstić information content (AvgIpc) is 2.36. The lowest BCUT2D eigenvalue weighted by Gasteiger charge is -2.13. The smallest absolute Gasteiger partial charge is 0.193 e. The second-order valence-corrected chi connectivity index (χ2v) is 2.88. The van der Waals surface area contributed by atoms with E-state index >= 15 is 0 Å². The van der Waals surface area contributed by atoms with Crippen molar-refractivity contribution < 1.29 is 8.81 Å². The molecule has 0 aliphatic rings. The van der Waals surface area contributed by atoms with Crippen LogP contribution >= 0.6 is 11.6 Å². The maximum Gasteiger partial charge on any atom is 0.193 e. The molecular weight excluding hydrogens is 169 g/mol. The Balaban J connectivity index is 2.92. The molecule has 0 fully saturated rings. The predicted octanol–water partition coefficient (Wildman–Crippen LogP) is 2.08. The third kappa shape index (κ3) is 1.73. The van der Waals surface area contributed by atoms with Crippen molar-refractivity contribution in [2.75, 3.05) is 6.54 Å². The molecule has 62 valence electrons. The van der Waals surface area contributed by atoms with E-state index in [1.54, 1.807) is 0 Å². The van der Waals surface area contributed by atoms with Gasteiger partial charge < -0.3 is 10.2 Å². The van der Waals surface area contributed by atoms with Crippen molar-refractivity contribution >= 4 is 11.6 Å². The van der Waals surface area contributed by atoms with E-state index in [2.05, 4.69) is 0 Å². The lowest BCUT2D eigenvalue weighted by atomic mass is 10.1. The lowest BCUT2D eigenvalue weighted by molar-refractivity contribution is 0.164. The Morgan fingerprint density at radius 3 is 2.73 bits per heavy atom. The zero-order valence-corrected chi connectivity index (χ0v) is 6.86. The third-order valence-corrected chi connectivity index (χ3v) is 1.67. The molecule has 1 heterocycles. The van der Waals surface area contributed by atoms with Crippen LogP contribution in [0.3, 0.4) is 0 Å². The monoisotopic (exact) mass is 177 g/mol. The highest BCUT2D eigenvalue weighted by Crippen LogP contribution is 2.27. The summed E-state index contributed by atoms with van der Waals surface area (Å²) in [4.78, 5) is 0. The normalized spacial score (nSPS) is 16.4. The summed E-state index contributed by atoms with van der Waals surface area (Å²) in [7, 11) is 0. The number of nitrogens with two attached hydrogens (primary N) is 1. The van der Waals surface area contributed by atoms with E-state index in [-0.39, 0.29) is 17.5 Å². The minimum Gasteiger partial charge on any atom is -0.446 e. The zero-order chi connectivity index (χ0) is 8.48. The Morgan fingerprint density at radius 1 is 1.73 bits per heavy atom. The van der Waals surface area contributed by atoms with Gasteiger partial charge in [-0.2, -0.15) is 0 Å². The first kappa shape index (κ1) is 8.56. The molecule has 0 aliphatic carbocycles. The van der Waals surface area contributed by atoms with Gasteiger partial charge in [-0.15, -0.1) is 0 Å². The minimum atomic E-state index is -1.62. The van der Waals surface area contributed by atoms with E-state index in [1.807, 2.05) is 0 Å². The molecule has 11 heavy (non-hydrogen) atoms. The Hall–Kier alpha value is -0.540. The molecule has 1 aromatic rings. The van der Waals surface area contributed by atoms with Gasteiger partial charge >= 0.3 is 0 Å². The third-order valence-electron chi connectivity index (χ3n) is 1.47. The molecule has 2 nitrogen and oxygen atoms in total. The van der Waals surface area contributed by atoms with Gasteiger partial charge in [-0.1, -0.05) is 0 Å². The van der Waals surface area contributed by atoms with Crippen molar-refractivity contribution in [2.24, 2.45) is 5.73 Å². The summed E-state index contributed by atoms with van der Waals surface area (Å²) < 4.78 is 18.1. The van der Waals surface area contributed by atoms with Crippen LogP contribution in [0.2, 0.25) is 5.22 Å². The Morgan fingerprint density at radius 2 is 2.36 bits per heavy atom. The van der Waals surface area contributed by atoms with Crippen molar-refractivity contribution in [3.63, 3.8) is 0 Å². The van der Waals surface area contributed by atoms with Crippen LogP contribution in [-0.2, 0) is 5.67 Å². The molecule has 0 aliphatic heterocycles. The van der Waals surface area contributed by atoms with E-state index < -0.39 is 5.67 Å². The van der Waals surface area contributed by atoms with Crippen LogP contribution in [0.25, 0.3) is 0 Å². The predicted molar refractivity (Wildman–Crippen MR) is 41.2 cm³/mol. The van der Waals surface area contributed by atoms with Crippen molar-refractivity contribution in [1.82, 2.24) is 0 Å². The number of furan rings is 1. The molecule has 4 heteroatoms. The first-order chi connectivity index (χ1) is 5.06. The molecule has 0 saturated heterocycles. The lowest BCUT2D eigenvalue weighted by Crippen LogP contribution is -2.25. The molecule has 1 atom stereocenters. The van der Waals surface area contributed by atoms with Crippen LogP contribution in [0.4, 0.5) is 4.39 Å². The highest BCUT2D eigenvalue weighted by molar-refractivity contribution is 6.28. The summed E-state index contributed by atoms with van der Waals surface area (Å²) in [6, 6.07) is 2.97. The molecule has 0 aromatic carbocycles. The first-order valence-corrected chi connectivity index (χ1v) is 3.59. The van der Waals surface area contributed by atoms with E-state index in [1.165, 1.54) is 19.1 Å². The maximum absolute atomic E-state index is 13.3. The summed E-state index contributed by atoms with van der Waals surface area (Å²) in [6.07, 6.45) is 0. The second-order valence-electron chi connectivity index (χ2n) is 2.51. The summed E-state index contributed by atoms with van der Waals surface area (Å²) >= 11 is 5.45. The van der Waals surface area contributed by atoms with Crippen molar-refractivity contribution in [1.29, 1.82) is 0 Å². The number of halogens is 2. The standard InChI is InChI=1S/C7H9ClFNO/c1-7(9,4-10)5-2-3-6(8)11-5/h2-3H,4,10H2,1H3. The van der Waals surface area contributed by atoms with Crippen molar-refractivity contribution in [3.05, 3.63) is 23.1 Å². The highest BCUT2D eigenvalue weighted by Gasteiger charge is 2.27. The average molecular weight is 178 g/mol. The van der Waals surface area contributed by atoms with E-state index in [0.29, 0.717) is 0 Å². The molecule has 0 saturated carbocycles. The van der Waals surface area contributed by atoms with Crippen molar-refractivity contribution in [3.8, 4) is 0 Å². The fourth-order valence-corrected chi connectivity index (χ4v) is 0.841. The molecular formula is C7H9ClFNO. The zero-order valence-electron chi connectivity index (χ0n) is 6.10. The van der Waals surface area contributed by atoms with Gasteiger partial charge in [0, 0.05) is 6.54 Å². The molecule has 0 radical (unpaired) electrons. The van der Waals surface area contributed by atoms with Crippen LogP contribution < -0.4 is 5.73 Å². The second kappa shape index (κ2) is 2.83. The quantitative estimate of drug-likeness (QED) is 0.751. The van der Waals surface area contributed by atoms with Gasteiger partial charge in [0.05, 0.1) is 0 Å². The van der Waals surface area contributed by atoms with Gasteiger partial charge in [0.15, 0.2) is 10.9 Å². The van der Waals surface area contributed by atoms with Gasteiger partial charge in [-0.05, 0) is 30.7 Å². The Bertz CT molecular complexity index is 246. The maximum atomic E-state index is 13.3. The van der Waals surface area contributed by atoms with Gasteiger partial charge in [0.1, 0.15) is 5.76 Å². The Kier molecular flexibility index (Phi) is 2.20. The summed E-state index contributed by atoms with van der Waals surface area (Å²) in [5.74, 6) is 0.171. The molecule has 1 unspecified atom stereocenters. The van der Waals surface area contributed by atoms with Gasteiger partial charge in [-0.3, -0.25) is 0 Å². The highest BCUT2D eigenvalue weighted by atomic mass is 35.5. The van der Waals surface area contributed by atoms with Crippen LogP contribution in [0.5, 0.6) is 0 Å². The first-order valence-electron chi connectivity index (χ1n) is 3.21. The van der Waals surface area contributed by atoms with Crippen LogP contribution in [-0.4, -0.2) is 6.54 Å². The number of rotatable bonds is 2. The van der Waals surface area contributed by atoms with Crippen LogP contribution in [0.1, 0.15) is 12.7 Å². The Labute approximate surface area is 69.1 Å². The summed E-state index contributed by atoms with van der Waals surface area (Å²) in [5, 5.41) is 0.178. The number of hydrogen-bond acceptors (Lipinski definition) is 2. The van der Waals surface area contributed by atoms with Gasteiger partial charge in [0.25, 0.3) is 0 Å². The minimum absolute atomic E-state index is 0.114. The van der Waals surface area contributed by atoms with Crippen molar-refractivity contribution in [2.45, 2.75) is 12.6 Å². The molecule has 0 amide bonds. The van der Waals surface area contributed by atoms with E-state index in [9.17, 15) is 4.39 Å². The fourth-order valence-electron chi connectivity index (χ4n) is 0.695. The van der Waals surface area contributed by atoms with E-state index in [0.717, 1.165) is 0 Å². The molecule has 0 bridgehead atoms.